The van der Waals surface area contributed by atoms with Gasteiger partial charge >= 0.3 is 0 Å². The molecule has 0 bridgehead atoms. The van der Waals surface area contributed by atoms with Crippen LogP contribution in [0.4, 0.5) is 4.39 Å². The monoisotopic (exact) mass is 469 g/mol. The van der Waals surface area contributed by atoms with Gasteiger partial charge in [0.1, 0.15) is 5.82 Å². The molecule has 0 unspecified atom stereocenters. The second-order valence-electron chi connectivity index (χ2n) is 7.69. The smallest absolute Gasteiger partial charge is 0.256 e. The number of aryl methyl sites for hydroxylation is 1. The van der Waals surface area contributed by atoms with E-state index in [-0.39, 0.29) is 23.4 Å². The van der Waals surface area contributed by atoms with E-state index in [0.717, 1.165) is 21.3 Å². The van der Waals surface area contributed by atoms with E-state index in [9.17, 15) is 14.0 Å². The Morgan fingerprint density at radius 2 is 1.88 bits per heavy atom. The molecular weight excluding hydrogens is 445 g/mol. The summed E-state index contributed by atoms with van der Waals surface area (Å²) in [5, 5.41) is 6.19. The van der Waals surface area contributed by atoms with Crippen molar-refractivity contribution in [2.75, 3.05) is 13.1 Å². The number of thiazole rings is 1. The number of likely N-dealkylation sites (tertiary alicyclic amines) is 1. The third-order valence-corrected chi connectivity index (χ3v) is 7.26. The van der Waals surface area contributed by atoms with E-state index in [2.05, 4.69) is 15.7 Å². The number of thioether (sulfide) groups is 1. The van der Waals surface area contributed by atoms with Crippen molar-refractivity contribution >= 4 is 34.9 Å². The molecule has 3 aromatic rings. The van der Waals surface area contributed by atoms with Crippen LogP contribution in [0.5, 0.6) is 0 Å². The van der Waals surface area contributed by atoms with E-state index in [0.29, 0.717) is 31.5 Å². The van der Waals surface area contributed by atoms with Gasteiger partial charge in [-0.2, -0.15) is 0 Å². The van der Waals surface area contributed by atoms with Gasteiger partial charge in [-0.05, 0) is 56.2 Å². The van der Waals surface area contributed by atoms with Gasteiger partial charge in [-0.25, -0.2) is 9.37 Å². The van der Waals surface area contributed by atoms with Crippen LogP contribution in [0.15, 0.2) is 58.8 Å². The topological polar surface area (TPSA) is 62.3 Å². The van der Waals surface area contributed by atoms with Gasteiger partial charge in [-0.3, -0.25) is 9.59 Å². The van der Waals surface area contributed by atoms with Crippen molar-refractivity contribution in [1.29, 1.82) is 0 Å². The Hall–Kier alpha value is -2.71. The molecule has 0 radical (unpaired) electrons. The summed E-state index contributed by atoms with van der Waals surface area (Å²) in [7, 11) is 0. The number of carbonyl (C=O) groups excluding carboxylic acids is 2. The molecule has 0 saturated carbocycles. The van der Waals surface area contributed by atoms with Crippen LogP contribution in [0.3, 0.4) is 0 Å². The largest absolute Gasteiger partial charge is 0.349 e. The number of hydrogen-bond acceptors (Lipinski definition) is 5. The Labute approximate surface area is 195 Å². The minimum atomic E-state index is -0.503. The summed E-state index contributed by atoms with van der Waals surface area (Å²) in [5.74, 6) is -0.111. The number of benzene rings is 2. The summed E-state index contributed by atoms with van der Waals surface area (Å²) in [6, 6.07) is 13.6. The maximum absolute atomic E-state index is 13.9. The molecule has 4 rings (SSSR count). The Balaban J connectivity index is 1.25. The third kappa shape index (κ3) is 5.55. The lowest BCUT2D eigenvalue weighted by Gasteiger charge is -2.32. The second-order valence-corrected chi connectivity index (χ2v) is 9.80. The molecule has 1 fully saturated rings. The van der Waals surface area contributed by atoms with Crippen molar-refractivity contribution < 1.29 is 14.0 Å². The van der Waals surface area contributed by atoms with E-state index in [1.807, 2.05) is 31.2 Å². The van der Waals surface area contributed by atoms with Crippen molar-refractivity contribution in [3.05, 3.63) is 81.6 Å². The Morgan fingerprint density at radius 1 is 1.16 bits per heavy atom. The highest BCUT2D eigenvalue weighted by molar-refractivity contribution is 7.98. The van der Waals surface area contributed by atoms with E-state index in [1.54, 1.807) is 40.1 Å². The summed E-state index contributed by atoms with van der Waals surface area (Å²) < 4.78 is 13.9. The van der Waals surface area contributed by atoms with Gasteiger partial charge in [0.05, 0.1) is 16.3 Å². The van der Waals surface area contributed by atoms with Gasteiger partial charge in [0.25, 0.3) is 11.8 Å². The molecule has 5 nitrogen and oxygen atoms in total. The molecular formula is C24H24FN3O2S2. The average molecular weight is 470 g/mol. The van der Waals surface area contributed by atoms with E-state index in [4.69, 9.17) is 0 Å². The molecule has 8 heteroatoms. The third-order valence-electron chi connectivity index (χ3n) is 5.39. The lowest BCUT2D eigenvalue weighted by atomic mass is 10.0. The van der Waals surface area contributed by atoms with E-state index in [1.165, 1.54) is 12.1 Å². The number of nitrogens with zero attached hydrogens (tertiary/aromatic N) is 2. The number of hydrogen-bond donors (Lipinski definition) is 1. The lowest BCUT2D eigenvalue weighted by Crippen LogP contribution is -2.46. The summed E-state index contributed by atoms with van der Waals surface area (Å²) >= 11 is 3.34. The van der Waals surface area contributed by atoms with Gasteiger partial charge in [-0.1, -0.05) is 12.1 Å². The van der Waals surface area contributed by atoms with Crippen LogP contribution in [0.2, 0.25) is 0 Å². The first kappa shape index (κ1) is 22.5. The standard InChI is InChI=1S/C24H24FN3O2S2/c1-16-26-19(14-31-16)15-32-20-8-6-17(7-9-20)23(29)27-18-10-12-28(13-11-18)24(30)21-4-2-3-5-22(21)25/h2-9,14,18H,10-13,15H2,1H3,(H,27,29). The molecule has 1 aromatic heterocycles. The van der Waals surface area contributed by atoms with E-state index < -0.39 is 5.82 Å². The Bertz CT molecular complexity index is 1090. The highest BCUT2D eigenvalue weighted by Crippen LogP contribution is 2.24. The second kappa shape index (κ2) is 10.3. The van der Waals surface area contributed by atoms with Crippen molar-refractivity contribution in [2.24, 2.45) is 0 Å². The fourth-order valence-corrected chi connectivity index (χ4v) is 5.14. The number of aromatic nitrogens is 1. The predicted molar refractivity (Wildman–Crippen MR) is 126 cm³/mol. The molecule has 2 heterocycles. The number of amides is 2. The maximum Gasteiger partial charge on any atom is 0.256 e. The predicted octanol–water partition coefficient (Wildman–Crippen LogP) is 4.92. The highest BCUT2D eigenvalue weighted by Gasteiger charge is 2.26. The van der Waals surface area contributed by atoms with Crippen LogP contribution in [0.1, 0.15) is 44.3 Å². The number of carbonyl (C=O) groups is 2. The highest BCUT2D eigenvalue weighted by atomic mass is 32.2. The van der Waals surface area contributed by atoms with Crippen molar-refractivity contribution in [1.82, 2.24) is 15.2 Å². The van der Waals surface area contributed by atoms with Gasteiger partial charge in [-0.15, -0.1) is 23.1 Å². The average Bonchev–Trinajstić information content (AvgIpc) is 3.23. The molecule has 166 valence electrons. The molecule has 1 aliphatic rings. The molecule has 0 atom stereocenters. The first-order chi connectivity index (χ1) is 15.5. The quantitative estimate of drug-likeness (QED) is 0.521. The SMILES string of the molecule is Cc1nc(CSc2ccc(C(=O)NC3CCN(C(=O)c4ccccc4F)CC3)cc2)cs1. The minimum absolute atomic E-state index is 0.00544. The number of piperidine rings is 1. The van der Waals surface area contributed by atoms with Crippen LogP contribution in [0, 0.1) is 12.7 Å². The zero-order valence-electron chi connectivity index (χ0n) is 17.7. The van der Waals surface area contributed by atoms with E-state index >= 15 is 0 Å². The molecule has 0 spiro atoms. The summed E-state index contributed by atoms with van der Waals surface area (Å²) in [6.07, 6.45) is 1.29. The van der Waals surface area contributed by atoms with Gasteiger partial charge in [0.15, 0.2) is 0 Å². The van der Waals surface area contributed by atoms with Crippen LogP contribution < -0.4 is 5.32 Å². The molecule has 32 heavy (non-hydrogen) atoms. The zero-order chi connectivity index (χ0) is 22.5. The normalized spacial score (nSPS) is 14.4. The molecule has 2 aromatic carbocycles. The summed E-state index contributed by atoms with van der Waals surface area (Å²) in [5.41, 5.74) is 1.78. The van der Waals surface area contributed by atoms with Gasteiger partial charge in [0, 0.05) is 40.7 Å². The van der Waals surface area contributed by atoms with Gasteiger partial charge in [0.2, 0.25) is 0 Å². The van der Waals surface area contributed by atoms with Crippen LogP contribution in [-0.2, 0) is 5.75 Å². The van der Waals surface area contributed by atoms with Crippen molar-refractivity contribution in [3.63, 3.8) is 0 Å². The zero-order valence-corrected chi connectivity index (χ0v) is 19.3. The first-order valence-electron chi connectivity index (χ1n) is 10.5. The first-order valence-corrected chi connectivity index (χ1v) is 12.3. The van der Waals surface area contributed by atoms with Gasteiger partial charge < -0.3 is 10.2 Å². The fraction of sp³-hybridized carbons (Fsp3) is 0.292. The number of halogens is 1. The Kier molecular flexibility index (Phi) is 7.22. The lowest BCUT2D eigenvalue weighted by molar-refractivity contribution is 0.0693. The van der Waals surface area contributed by atoms with Crippen LogP contribution in [0.25, 0.3) is 0 Å². The Morgan fingerprint density at radius 3 is 2.53 bits per heavy atom. The molecule has 2 amide bonds. The minimum Gasteiger partial charge on any atom is -0.349 e. The molecule has 0 aliphatic carbocycles. The maximum atomic E-state index is 13.9. The van der Waals surface area contributed by atoms with Crippen molar-refractivity contribution in [3.8, 4) is 0 Å². The van der Waals surface area contributed by atoms with Crippen LogP contribution in [-0.4, -0.2) is 40.8 Å². The number of nitrogens with one attached hydrogen (secondary N) is 1. The number of rotatable bonds is 6. The summed E-state index contributed by atoms with van der Waals surface area (Å²) in [4.78, 5) is 32.4. The fourth-order valence-electron chi connectivity index (χ4n) is 3.63. The molecule has 1 saturated heterocycles. The molecule has 1 aliphatic heterocycles. The van der Waals surface area contributed by atoms with Crippen LogP contribution >= 0.6 is 23.1 Å². The molecule has 1 N–H and O–H groups in total. The van der Waals surface area contributed by atoms with Crippen molar-refractivity contribution in [2.45, 2.75) is 36.5 Å². The summed E-state index contributed by atoms with van der Waals surface area (Å²) in [6.45, 7) is 2.98.